The fourth-order valence-electron chi connectivity index (χ4n) is 1.81. The van der Waals surface area contributed by atoms with Gasteiger partial charge in [0.2, 0.25) is 10.0 Å². The number of amides is 1. The van der Waals surface area contributed by atoms with Crippen molar-refractivity contribution in [3.63, 3.8) is 0 Å². The lowest BCUT2D eigenvalue weighted by molar-refractivity contribution is 0.102. The fourth-order valence-corrected chi connectivity index (χ4v) is 3.14. The third kappa shape index (κ3) is 3.45. The number of anilines is 2. The van der Waals surface area contributed by atoms with Gasteiger partial charge in [0, 0.05) is 11.9 Å². The highest BCUT2D eigenvalue weighted by Crippen LogP contribution is 2.25. The zero-order valence-electron chi connectivity index (χ0n) is 12.7. The number of sulfonamides is 1. The summed E-state index contributed by atoms with van der Waals surface area (Å²) in [5.41, 5.74) is 1.47. The number of carbonyl (C=O) groups is 1. The maximum Gasteiger partial charge on any atom is 0.259 e. The smallest absolute Gasteiger partial charge is 0.259 e. The first-order valence-electron chi connectivity index (χ1n) is 6.48. The van der Waals surface area contributed by atoms with Crippen molar-refractivity contribution in [2.24, 2.45) is 0 Å². The third-order valence-corrected chi connectivity index (χ3v) is 5.41. The van der Waals surface area contributed by atoms with Crippen molar-refractivity contribution in [1.82, 2.24) is 4.98 Å². The largest absolute Gasteiger partial charge is 0.298 e. The summed E-state index contributed by atoms with van der Waals surface area (Å²) in [7, 11) is -2.03. The van der Waals surface area contributed by atoms with Crippen molar-refractivity contribution in [3.05, 3.63) is 40.4 Å². The maximum atomic E-state index is 12.4. The first-order valence-corrected chi connectivity index (χ1v) is 9.15. The molecule has 6 nitrogen and oxygen atoms in total. The molecule has 0 atom stereocenters. The van der Waals surface area contributed by atoms with E-state index >= 15 is 0 Å². The summed E-state index contributed by atoms with van der Waals surface area (Å²) in [6.45, 7) is 3.79. The molecule has 1 heterocycles. The van der Waals surface area contributed by atoms with Crippen LogP contribution in [0.25, 0.3) is 0 Å². The second kappa shape index (κ2) is 6.05. The fraction of sp³-hybridized carbons (Fsp3) is 0.286. The number of para-hydroxylation sites is 1. The number of nitrogens with one attached hydrogen (secondary N) is 1. The zero-order chi connectivity index (χ0) is 16.5. The molecule has 0 saturated carbocycles. The van der Waals surface area contributed by atoms with Crippen LogP contribution in [0.3, 0.4) is 0 Å². The van der Waals surface area contributed by atoms with E-state index in [2.05, 4.69) is 10.3 Å². The van der Waals surface area contributed by atoms with Gasteiger partial charge in [-0.1, -0.05) is 12.1 Å². The molecule has 2 rings (SSSR count). The van der Waals surface area contributed by atoms with Crippen LogP contribution in [0.4, 0.5) is 10.8 Å². The molecule has 0 fully saturated rings. The van der Waals surface area contributed by atoms with E-state index in [1.165, 1.54) is 18.4 Å². The molecular weight excluding hydrogens is 322 g/mol. The minimum absolute atomic E-state index is 0.279. The van der Waals surface area contributed by atoms with Gasteiger partial charge in [-0.2, -0.15) is 0 Å². The maximum absolute atomic E-state index is 12.4. The molecule has 2 aromatic rings. The number of aryl methyl sites for hydroxylation is 2. The molecule has 0 aliphatic carbocycles. The molecule has 0 saturated heterocycles. The van der Waals surface area contributed by atoms with Crippen molar-refractivity contribution in [2.45, 2.75) is 13.8 Å². The molecule has 1 aromatic carbocycles. The average molecular weight is 339 g/mol. The van der Waals surface area contributed by atoms with E-state index in [1.807, 2.05) is 13.8 Å². The molecule has 22 heavy (non-hydrogen) atoms. The summed E-state index contributed by atoms with van der Waals surface area (Å²) in [6, 6.07) is 6.55. The molecule has 118 valence electrons. The summed E-state index contributed by atoms with van der Waals surface area (Å²) in [4.78, 5) is 17.7. The molecule has 1 N–H and O–H groups in total. The summed E-state index contributed by atoms with van der Waals surface area (Å²) >= 11 is 1.38. The van der Waals surface area contributed by atoms with Gasteiger partial charge in [-0.3, -0.25) is 14.4 Å². The highest BCUT2D eigenvalue weighted by Gasteiger charge is 2.20. The zero-order valence-corrected chi connectivity index (χ0v) is 14.4. The number of hydrogen-bond acceptors (Lipinski definition) is 5. The van der Waals surface area contributed by atoms with Crippen LogP contribution in [-0.2, 0) is 10.0 Å². The van der Waals surface area contributed by atoms with E-state index in [9.17, 15) is 13.2 Å². The van der Waals surface area contributed by atoms with E-state index in [1.54, 1.807) is 24.3 Å². The van der Waals surface area contributed by atoms with E-state index in [0.717, 1.165) is 21.1 Å². The second-order valence-corrected chi connectivity index (χ2v) is 8.08. The number of nitrogens with zero attached hydrogens (tertiary/aromatic N) is 2. The molecule has 1 amide bonds. The van der Waals surface area contributed by atoms with Crippen molar-refractivity contribution < 1.29 is 13.2 Å². The van der Waals surface area contributed by atoms with E-state index < -0.39 is 10.0 Å². The monoisotopic (exact) mass is 339 g/mol. The predicted molar refractivity (Wildman–Crippen MR) is 89.2 cm³/mol. The Hall–Kier alpha value is -1.93. The quantitative estimate of drug-likeness (QED) is 0.928. The van der Waals surface area contributed by atoms with Crippen molar-refractivity contribution in [1.29, 1.82) is 0 Å². The highest BCUT2D eigenvalue weighted by atomic mass is 32.2. The molecule has 0 radical (unpaired) electrons. The number of benzene rings is 1. The Morgan fingerprint density at radius 1 is 1.27 bits per heavy atom. The lowest BCUT2D eigenvalue weighted by Crippen LogP contribution is -2.27. The first-order chi connectivity index (χ1) is 10.2. The van der Waals surface area contributed by atoms with Gasteiger partial charge in [0.1, 0.15) is 0 Å². The molecule has 1 aromatic heterocycles. The molecule has 0 unspecified atom stereocenters. The van der Waals surface area contributed by atoms with Crippen LogP contribution in [0.15, 0.2) is 24.3 Å². The van der Waals surface area contributed by atoms with E-state index in [0.29, 0.717) is 10.8 Å². The predicted octanol–water partition coefficient (Wildman–Crippen LogP) is 2.41. The van der Waals surface area contributed by atoms with E-state index in [-0.39, 0.29) is 11.5 Å². The standard InChI is InChI=1S/C14H17N3O3S2/c1-9-10(2)21-14(15-9)16-13(18)11-7-5-6-8-12(11)17(3)22(4,19)20/h5-8H,1-4H3,(H,15,16,18). The topological polar surface area (TPSA) is 79.4 Å². The number of hydrogen-bond donors (Lipinski definition) is 1. The average Bonchev–Trinajstić information content (AvgIpc) is 2.75. The normalized spacial score (nSPS) is 11.3. The Morgan fingerprint density at radius 3 is 2.45 bits per heavy atom. The lowest BCUT2D eigenvalue weighted by atomic mass is 10.1. The minimum atomic E-state index is -3.45. The molecule has 8 heteroatoms. The van der Waals surface area contributed by atoms with Gasteiger partial charge in [0.15, 0.2) is 5.13 Å². The number of rotatable bonds is 4. The Balaban J connectivity index is 2.34. The van der Waals surface area contributed by atoms with Crippen LogP contribution in [0.5, 0.6) is 0 Å². The number of aromatic nitrogens is 1. The first kappa shape index (κ1) is 16.4. The Kier molecular flexibility index (Phi) is 4.52. The second-order valence-electron chi connectivity index (χ2n) is 4.86. The summed E-state index contributed by atoms with van der Waals surface area (Å²) in [5.74, 6) is -0.389. The lowest BCUT2D eigenvalue weighted by Gasteiger charge is -2.19. The van der Waals surface area contributed by atoms with Crippen molar-refractivity contribution in [2.75, 3.05) is 22.9 Å². The van der Waals surface area contributed by atoms with Gasteiger partial charge in [-0.25, -0.2) is 13.4 Å². The third-order valence-electron chi connectivity index (χ3n) is 3.23. The van der Waals surface area contributed by atoms with Crippen LogP contribution >= 0.6 is 11.3 Å². The van der Waals surface area contributed by atoms with Gasteiger partial charge >= 0.3 is 0 Å². The van der Waals surface area contributed by atoms with Crippen LogP contribution < -0.4 is 9.62 Å². The summed E-state index contributed by atoms with van der Waals surface area (Å²) in [6.07, 6.45) is 1.09. The molecule has 0 aliphatic rings. The summed E-state index contributed by atoms with van der Waals surface area (Å²) < 4.78 is 24.5. The highest BCUT2D eigenvalue weighted by molar-refractivity contribution is 7.92. The van der Waals surface area contributed by atoms with E-state index in [4.69, 9.17) is 0 Å². The van der Waals surface area contributed by atoms with Gasteiger partial charge in [-0.05, 0) is 26.0 Å². The van der Waals surface area contributed by atoms with Crippen LogP contribution in [-0.4, -0.2) is 32.6 Å². The number of thiazole rings is 1. The van der Waals surface area contributed by atoms with Crippen LogP contribution in [0, 0.1) is 13.8 Å². The van der Waals surface area contributed by atoms with Crippen molar-refractivity contribution >= 4 is 38.1 Å². The Labute approximate surface area is 133 Å². The van der Waals surface area contributed by atoms with Gasteiger partial charge in [0.25, 0.3) is 5.91 Å². The van der Waals surface area contributed by atoms with Gasteiger partial charge in [-0.15, -0.1) is 11.3 Å². The summed E-state index contributed by atoms with van der Waals surface area (Å²) in [5, 5.41) is 3.21. The number of carbonyl (C=O) groups excluding carboxylic acids is 1. The van der Waals surface area contributed by atoms with Crippen LogP contribution in [0.1, 0.15) is 20.9 Å². The van der Waals surface area contributed by atoms with Crippen molar-refractivity contribution in [3.8, 4) is 0 Å². The minimum Gasteiger partial charge on any atom is -0.298 e. The molecule has 0 bridgehead atoms. The SMILES string of the molecule is Cc1nc(NC(=O)c2ccccc2N(C)S(C)(=O)=O)sc1C. The molecule has 0 spiro atoms. The van der Waals surface area contributed by atoms with Gasteiger partial charge < -0.3 is 0 Å². The Bertz CT molecular complexity index is 793. The van der Waals surface area contributed by atoms with Gasteiger partial charge in [0.05, 0.1) is 23.2 Å². The molecule has 0 aliphatic heterocycles. The molecular formula is C14H17N3O3S2. The van der Waals surface area contributed by atoms with Crippen LogP contribution in [0.2, 0.25) is 0 Å². The Morgan fingerprint density at radius 2 is 1.91 bits per heavy atom.